The fraction of sp³-hybridized carbons (Fsp3) is 0.133. The second kappa shape index (κ2) is 7.20. The Labute approximate surface area is 132 Å². The fourth-order valence-corrected chi connectivity index (χ4v) is 1.91. The highest BCUT2D eigenvalue weighted by Gasteiger charge is 2.04. The lowest BCUT2D eigenvalue weighted by atomic mass is 10.3. The molecule has 0 aliphatic heterocycles. The molecule has 0 heterocycles. The molecule has 2 aromatic rings. The lowest BCUT2D eigenvalue weighted by Crippen LogP contribution is -2.15. The molecule has 0 saturated carbocycles. The van der Waals surface area contributed by atoms with Crippen molar-refractivity contribution in [3.8, 4) is 5.75 Å². The van der Waals surface area contributed by atoms with E-state index in [1.807, 2.05) is 0 Å². The standard InChI is InChI=1S/C15H14Cl2N2O2/c16-13-6-5-12(9-14(13)17)21-8-7-15(20)19-11-3-1-10(18)2-4-11/h1-6,9H,7-8,18H2,(H,19,20). The number of nitrogens with two attached hydrogens (primary N) is 1. The summed E-state index contributed by atoms with van der Waals surface area (Å²) in [6, 6.07) is 11.9. The number of halogens is 2. The number of nitrogen functional groups attached to an aromatic ring is 1. The summed E-state index contributed by atoms with van der Waals surface area (Å²) >= 11 is 11.7. The van der Waals surface area contributed by atoms with Crippen molar-refractivity contribution in [3.05, 3.63) is 52.5 Å². The van der Waals surface area contributed by atoms with Crippen molar-refractivity contribution in [3.63, 3.8) is 0 Å². The van der Waals surface area contributed by atoms with Crippen molar-refractivity contribution in [1.82, 2.24) is 0 Å². The zero-order valence-corrected chi connectivity index (χ0v) is 12.6. The third kappa shape index (κ3) is 4.85. The van der Waals surface area contributed by atoms with Crippen LogP contribution in [-0.4, -0.2) is 12.5 Å². The number of carbonyl (C=O) groups is 1. The molecule has 0 atom stereocenters. The predicted molar refractivity (Wildman–Crippen MR) is 86.1 cm³/mol. The largest absolute Gasteiger partial charge is 0.493 e. The van der Waals surface area contributed by atoms with Gasteiger partial charge in [0.1, 0.15) is 5.75 Å². The average Bonchev–Trinajstić information content (AvgIpc) is 2.45. The van der Waals surface area contributed by atoms with Gasteiger partial charge in [-0.25, -0.2) is 0 Å². The van der Waals surface area contributed by atoms with Crippen LogP contribution in [0.3, 0.4) is 0 Å². The van der Waals surface area contributed by atoms with E-state index >= 15 is 0 Å². The quantitative estimate of drug-likeness (QED) is 0.817. The van der Waals surface area contributed by atoms with Crippen LogP contribution in [0.15, 0.2) is 42.5 Å². The van der Waals surface area contributed by atoms with Gasteiger partial charge in [-0.1, -0.05) is 23.2 Å². The van der Waals surface area contributed by atoms with Gasteiger partial charge in [0, 0.05) is 17.4 Å². The van der Waals surface area contributed by atoms with E-state index < -0.39 is 0 Å². The minimum atomic E-state index is -0.139. The molecule has 0 aliphatic rings. The minimum Gasteiger partial charge on any atom is -0.493 e. The zero-order chi connectivity index (χ0) is 15.2. The lowest BCUT2D eigenvalue weighted by molar-refractivity contribution is -0.116. The summed E-state index contributed by atoms with van der Waals surface area (Å²) in [6.07, 6.45) is 0.227. The smallest absolute Gasteiger partial charge is 0.227 e. The van der Waals surface area contributed by atoms with Crippen LogP contribution < -0.4 is 15.8 Å². The predicted octanol–water partition coefficient (Wildman–Crippen LogP) is 3.98. The highest BCUT2D eigenvalue weighted by molar-refractivity contribution is 6.42. The van der Waals surface area contributed by atoms with Gasteiger partial charge in [-0.05, 0) is 36.4 Å². The fourth-order valence-electron chi connectivity index (χ4n) is 1.62. The molecular weight excluding hydrogens is 311 g/mol. The van der Waals surface area contributed by atoms with Crippen LogP contribution in [0.25, 0.3) is 0 Å². The molecular formula is C15H14Cl2N2O2. The number of rotatable bonds is 5. The highest BCUT2D eigenvalue weighted by atomic mass is 35.5. The summed E-state index contributed by atoms with van der Waals surface area (Å²) in [7, 11) is 0. The summed E-state index contributed by atoms with van der Waals surface area (Å²) in [5.74, 6) is 0.435. The van der Waals surface area contributed by atoms with Gasteiger partial charge < -0.3 is 15.8 Å². The maximum atomic E-state index is 11.7. The first-order valence-corrected chi connectivity index (χ1v) is 7.03. The van der Waals surface area contributed by atoms with Gasteiger partial charge in [-0.2, -0.15) is 0 Å². The molecule has 0 radical (unpaired) electrons. The van der Waals surface area contributed by atoms with Crippen LogP contribution in [0.1, 0.15) is 6.42 Å². The number of nitrogens with one attached hydrogen (secondary N) is 1. The highest BCUT2D eigenvalue weighted by Crippen LogP contribution is 2.26. The molecule has 0 aliphatic carbocycles. The molecule has 110 valence electrons. The van der Waals surface area contributed by atoms with Crippen molar-refractivity contribution in [2.24, 2.45) is 0 Å². The molecule has 21 heavy (non-hydrogen) atoms. The molecule has 0 bridgehead atoms. The molecule has 2 aromatic carbocycles. The summed E-state index contributed by atoms with van der Waals surface area (Å²) in [6.45, 7) is 0.249. The number of anilines is 2. The van der Waals surface area contributed by atoms with Crippen molar-refractivity contribution in [2.75, 3.05) is 17.7 Å². The number of benzene rings is 2. The topological polar surface area (TPSA) is 64.3 Å². The third-order valence-electron chi connectivity index (χ3n) is 2.68. The molecule has 1 amide bonds. The zero-order valence-electron chi connectivity index (χ0n) is 11.1. The van der Waals surface area contributed by atoms with Crippen LogP contribution in [0.4, 0.5) is 11.4 Å². The van der Waals surface area contributed by atoms with Gasteiger partial charge in [-0.15, -0.1) is 0 Å². The van der Waals surface area contributed by atoms with Crippen molar-refractivity contribution >= 4 is 40.5 Å². The second-order valence-corrected chi connectivity index (χ2v) is 5.16. The van der Waals surface area contributed by atoms with E-state index in [1.54, 1.807) is 42.5 Å². The maximum Gasteiger partial charge on any atom is 0.227 e. The Morgan fingerprint density at radius 1 is 1.10 bits per heavy atom. The van der Waals surface area contributed by atoms with Crippen LogP contribution in [0, 0.1) is 0 Å². The van der Waals surface area contributed by atoms with E-state index in [1.165, 1.54) is 0 Å². The molecule has 6 heteroatoms. The van der Waals surface area contributed by atoms with Gasteiger partial charge in [-0.3, -0.25) is 4.79 Å². The molecule has 2 rings (SSSR count). The number of ether oxygens (including phenoxy) is 1. The molecule has 4 nitrogen and oxygen atoms in total. The Bertz CT molecular complexity index is 630. The van der Waals surface area contributed by atoms with Crippen LogP contribution in [0.5, 0.6) is 5.75 Å². The Balaban J connectivity index is 1.78. The number of hydrogen-bond donors (Lipinski definition) is 2. The monoisotopic (exact) mass is 324 g/mol. The summed E-state index contributed by atoms with van der Waals surface area (Å²) in [5.41, 5.74) is 6.92. The first-order valence-electron chi connectivity index (χ1n) is 6.28. The van der Waals surface area contributed by atoms with Crippen LogP contribution in [0.2, 0.25) is 10.0 Å². The Morgan fingerprint density at radius 2 is 1.81 bits per heavy atom. The number of amides is 1. The van der Waals surface area contributed by atoms with Crippen molar-refractivity contribution in [2.45, 2.75) is 6.42 Å². The maximum absolute atomic E-state index is 11.7. The van der Waals surface area contributed by atoms with Gasteiger partial charge in [0.15, 0.2) is 0 Å². The Kier molecular flexibility index (Phi) is 5.31. The van der Waals surface area contributed by atoms with E-state index in [0.29, 0.717) is 27.2 Å². The first-order chi connectivity index (χ1) is 10.0. The summed E-state index contributed by atoms with van der Waals surface area (Å²) in [5, 5.41) is 3.63. The normalized spacial score (nSPS) is 10.2. The van der Waals surface area contributed by atoms with Gasteiger partial charge >= 0.3 is 0 Å². The molecule has 0 spiro atoms. The molecule has 0 unspecified atom stereocenters. The van der Waals surface area contributed by atoms with E-state index in [9.17, 15) is 4.79 Å². The SMILES string of the molecule is Nc1ccc(NC(=O)CCOc2ccc(Cl)c(Cl)c2)cc1. The number of carbonyl (C=O) groups excluding carboxylic acids is 1. The van der Waals surface area contributed by atoms with E-state index in [4.69, 9.17) is 33.7 Å². The molecule has 0 aromatic heterocycles. The second-order valence-electron chi connectivity index (χ2n) is 4.34. The number of hydrogen-bond acceptors (Lipinski definition) is 3. The van der Waals surface area contributed by atoms with E-state index in [-0.39, 0.29) is 18.9 Å². The van der Waals surface area contributed by atoms with Crippen molar-refractivity contribution < 1.29 is 9.53 Å². The summed E-state index contributed by atoms with van der Waals surface area (Å²) < 4.78 is 5.45. The first kappa shape index (κ1) is 15.5. The summed E-state index contributed by atoms with van der Waals surface area (Å²) in [4.78, 5) is 11.7. The van der Waals surface area contributed by atoms with E-state index in [0.717, 1.165) is 0 Å². The van der Waals surface area contributed by atoms with E-state index in [2.05, 4.69) is 5.32 Å². The van der Waals surface area contributed by atoms with Crippen LogP contribution >= 0.6 is 23.2 Å². The van der Waals surface area contributed by atoms with Crippen LogP contribution in [-0.2, 0) is 4.79 Å². The van der Waals surface area contributed by atoms with Gasteiger partial charge in [0.25, 0.3) is 0 Å². The molecule has 0 fully saturated rings. The van der Waals surface area contributed by atoms with Crippen molar-refractivity contribution in [1.29, 1.82) is 0 Å². The molecule has 3 N–H and O–H groups in total. The minimum absolute atomic E-state index is 0.139. The lowest BCUT2D eigenvalue weighted by Gasteiger charge is -2.08. The van der Waals surface area contributed by atoms with Gasteiger partial charge in [0.2, 0.25) is 5.91 Å². The average molecular weight is 325 g/mol. The Morgan fingerprint density at radius 3 is 2.48 bits per heavy atom. The molecule has 0 saturated heterocycles. The van der Waals surface area contributed by atoms with Gasteiger partial charge in [0.05, 0.1) is 23.1 Å². The third-order valence-corrected chi connectivity index (χ3v) is 3.42. The Hall–Kier alpha value is -1.91.